The van der Waals surface area contributed by atoms with Crippen molar-refractivity contribution < 1.29 is 9.50 Å². The number of rotatable bonds is 2. The van der Waals surface area contributed by atoms with E-state index in [1.165, 1.54) is 12.1 Å². The summed E-state index contributed by atoms with van der Waals surface area (Å²) in [4.78, 5) is 2.03. The standard InChI is InChI=1S/C17H15FOS/c1-2-5-13-12-6-3-4-7-15(12)20-16-9-8-11(18)10-14(16)17(13)19/h2-4,6-10,13,17,19H,1,5H2/t13-,17-/m0/s1. The van der Waals surface area contributed by atoms with Crippen LogP contribution in [0.4, 0.5) is 4.39 Å². The molecule has 2 aromatic rings. The first kappa shape index (κ1) is 13.4. The summed E-state index contributed by atoms with van der Waals surface area (Å²) in [7, 11) is 0. The maximum atomic E-state index is 13.5. The van der Waals surface area contributed by atoms with E-state index in [2.05, 4.69) is 6.58 Å². The SMILES string of the molecule is C=CC[C@H]1c2ccccc2Sc2ccc(F)cc2[C@H]1O. The molecule has 0 saturated carbocycles. The van der Waals surface area contributed by atoms with Gasteiger partial charge in [0.25, 0.3) is 0 Å². The molecule has 0 spiro atoms. The zero-order chi connectivity index (χ0) is 14.1. The fraction of sp³-hybridized carbons (Fsp3) is 0.176. The number of halogens is 1. The highest BCUT2D eigenvalue weighted by Gasteiger charge is 2.29. The van der Waals surface area contributed by atoms with Gasteiger partial charge in [0, 0.05) is 15.7 Å². The minimum absolute atomic E-state index is 0.0840. The number of aliphatic hydroxyl groups is 1. The minimum Gasteiger partial charge on any atom is -0.388 e. The largest absolute Gasteiger partial charge is 0.388 e. The van der Waals surface area contributed by atoms with Gasteiger partial charge in [-0.15, -0.1) is 6.58 Å². The van der Waals surface area contributed by atoms with Crippen molar-refractivity contribution in [2.75, 3.05) is 0 Å². The second kappa shape index (κ2) is 5.43. The van der Waals surface area contributed by atoms with E-state index in [-0.39, 0.29) is 11.7 Å². The predicted octanol–water partition coefficient (Wildman–Crippen LogP) is 4.68. The Morgan fingerprint density at radius 1 is 1.15 bits per heavy atom. The van der Waals surface area contributed by atoms with Gasteiger partial charge in [0.2, 0.25) is 0 Å². The Balaban J connectivity index is 2.19. The molecule has 1 N–H and O–H groups in total. The highest BCUT2D eigenvalue weighted by atomic mass is 32.2. The summed E-state index contributed by atoms with van der Waals surface area (Å²) in [6.07, 6.45) is 1.75. The second-order valence-electron chi connectivity index (χ2n) is 4.90. The monoisotopic (exact) mass is 286 g/mol. The van der Waals surface area contributed by atoms with Gasteiger partial charge in [0.1, 0.15) is 5.82 Å². The molecule has 2 aromatic carbocycles. The van der Waals surface area contributed by atoms with E-state index in [4.69, 9.17) is 0 Å². The van der Waals surface area contributed by atoms with E-state index in [1.54, 1.807) is 23.9 Å². The maximum absolute atomic E-state index is 13.5. The Morgan fingerprint density at radius 3 is 2.70 bits per heavy atom. The van der Waals surface area contributed by atoms with Crippen molar-refractivity contribution in [3.8, 4) is 0 Å². The van der Waals surface area contributed by atoms with E-state index >= 15 is 0 Å². The molecule has 2 atom stereocenters. The fourth-order valence-electron chi connectivity index (χ4n) is 2.66. The number of aliphatic hydroxyl groups excluding tert-OH is 1. The molecule has 20 heavy (non-hydrogen) atoms. The van der Waals surface area contributed by atoms with Gasteiger partial charge in [-0.2, -0.15) is 0 Å². The van der Waals surface area contributed by atoms with Crippen molar-refractivity contribution in [1.82, 2.24) is 0 Å². The van der Waals surface area contributed by atoms with Crippen LogP contribution in [0, 0.1) is 5.82 Å². The van der Waals surface area contributed by atoms with E-state index < -0.39 is 6.10 Å². The van der Waals surface area contributed by atoms with Gasteiger partial charge in [-0.05, 0) is 41.8 Å². The lowest BCUT2D eigenvalue weighted by molar-refractivity contribution is 0.142. The van der Waals surface area contributed by atoms with Gasteiger partial charge in [0.05, 0.1) is 6.10 Å². The summed E-state index contributed by atoms with van der Waals surface area (Å²) in [5, 5.41) is 10.7. The average Bonchev–Trinajstić information content (AvgIpc) is 2.57. The Labute approximate surface area is 122 Å². The van der Waals surface area contributed by atoms with Crippen LogP contribution in [-0.4, -0.2) is 5.11 Å². The van der Waals surface area contributed by atoms with Gasteiger partial charge in [-0.1, -0.05) is 36.0 Å². The van der Waals surface area contributed by atoms with Crippen molar-refractivity contribution >= 4 is 11.8 Å². The molecular formula is C17H15FOS. The normalized spacial score (nSPS) is 20.7. The molecule has 0 aromatic heterocycles. The van der Waals surface area contributed by atoms with Gasteiger partial charge in [-0.3, -0.25) is 0 Å². The third-order valence-electron chi connectivity index (χ3n) is 3.63. The van der Waals surface area contributed by atoms with Crippen LogP contribution >= 0.6 is 11.8 Å². The molecule has 1 aliphatic heterocycles. The molecule has 0 amide bonds. The van der Waals surface area contributed by atoms with Crippen LogP contribution in [0.15, 0.2) is 64.9 Å². The highest BCUT2D eigenvalue weighted by molar-refractivity contribution is 7.99. The molecule has 1 aliphatic rings. The van der Waals surface area contributed by atoms with Crippen molar-refractivity contribution in [2.24, 2.45) is 0 Å². The summed E-state index contributed by atoms with van der Waals surface area (Å²) in [6.45, 7) is 3.77. The van der Waals surface area contributed by atoms with Crippen molar-refractivity contribution in [3.63, 3.8) is 0 Å². The molecule has 0 unspecified atom stereocenters. The van der Waals surface area contributed by atoms with Gasteiger partial charge < -0.3 is 5.11 Å². The summed E-state index contributed by atoms with van der Waals surface area (Å²) in [5.74, 6) is -0.397. The zero-order valence-corrected chi connectivity index (χ0v) is 11.7. The van der Waals surface area contributed by atoms with E-state index in [1.807, 2.05) is 24.3 Å². The first-order chi connectivity index (χ1) is 9.70. The molecule has 0 bridgehead atoms. The summed E-state index contributed by atoms with van der Waals surface area (Å²) >= 11 is 1.58. The summed E-state index contributed by atoms with van der Waals surface area (Å²) in [6, 6.07) is 12.6. The number of benzene rings is 2. The quantitative estimate of drug-likeness (QED) is 0.809. The molecule has 3 rings (SSSR count). The molecular weight excluding hydrogens is 271 g/mol. The van der Waals surface area contributed by atoms with Crippen LogP contribution < -0.4 is 0 Å². The van der Waals surface area contributed by atoms with Crippen LogP contribution in [0.25, 0.3) is 0 Å². The summed E-state index contributed by atoms with van der Waals surface area (Å²) in [5.41, 5.74) is 1.76. The van der Waals surface area contributed by atoms with Crippen LogP contribution in [-0.2, 0) is 0 Å². The van der Waals surface area contributed by atoms with Gasteiger partial charge >= 0.3 is 0 Å². The Kier molecular flexibility index (Phi) is 3.64. The molecule has 1 nitrogen and oxygen atoms in total. The zero-order valence-electron chi connectivity index (χ0n) is 10.9. The Morgan fingerprint density at radius 2 is 1.90 bits per heavy atom. The van der Waals surface area contributed by atoms with E-state index in [0.717, 1.165) is 15.4 Å². The van der Waals surface area contributed by atoms with Crippen LogP contribution in [0.2, 0.25) is 0 Å². The fourth-order valence-corrected chi connectivity index (χ4v) is 3.82. The highest BCUT2D eigenvalue weighted by Crippen LogP contribution is 2.47. The van der Waals surface area contributed by atoms with Crippen molar-refractivity contribution in [1.29, 1.82) is 0 Å². The lowest BCUT2D eigenvalue weighted by atomic mass is 9.86. The third-order valence-corrected chi connectivity index (χ3v) is 4.81. The van der Waals surface area contributed by atoms with Crippen molar-refractivity contribution in [3.05, 3.63) is 72.1 Å². The van der Waals surface area contributed by atoms with E-state index in [9.17, 15) is 9.50 Å². The number of fused-ring (bicyclic) bond motifs is 2. The lowest BCUT2D eigenvalue weighted by Gasteiger charge is -2.22. The number of hydrogen-bond donors (Lipinski definition) is 1. The Bertz CT molecular complexity index is 653. The average molecular weight is 286 g/mol. The first-order valence-electron chi connectivity index (χ1n) is 6.56. The Hall–Kier alpha value is -1.58. The van der Waals surface area contributed by atoms with Crippen LogP contribution in [0.3, 0.4) is 0 Å². The van der Waals surface area contributed by atoms with Crippen LogP contribution in [0.5, 0.6) is 0 Å². The second-order valence-corrected chi connectivity index (χ2v) is 5.98. The predicted molar refractivity (Wildman–Crippen MR) is 79.5 cm³/mol. The third kappa shape index (κ3) is 2.28. The molecule has 3 heteroatoms. The maximum Gasteiger partial charge on any atom is 0.123 e. The molecule has 0 fully saturated rings. The molecule has 0 aliphatic carbocycles. The molecule has 0 saturated heterocycles. The summed E-state index contributed by atoms with van der Waals surface area (Å²) < 4.78 is 13.5. The minimum atomic E-state index is -0.713. The number of allylic oxidation sites excluding steroid dienone is 1. The smallest absolute Gasteiger partial charge is 0.123 e. The van der Waals surface area contributed by atoms with Crippen molar-refractivity contribution in [2.45, 2.75) is 28.2 Å². The lowest BCUT2D eigenvalue weighted by Crippen LogP contribution is -2.10. The van der Waals surface area contributed by atoms with Gasteiger partial charge in [-0.25, -0.2) is 4.39 Å². The first-order valence-corrected chi connectivity index (χ1v) is 7.37. The molecule has 0 radical (unpaired) electrons. The van der Waals surface area contributed by atoms with Crippen LogP contribution in [0.1, 0.15) is 29.6 Å². The number of hydrogen-bond acceptors (Lipinski definition) is 2. The topological polar surface area (TPSA) is 20.2 Å². The molecule has 1 heterocycles. The molecule has 102 valence electrons. The van der Waals surface area contributed by atoms with Gasteiger partial charge in [0.15, 0.2) is 0 Å². The van der Waals surface area contributed by atoms with E-state index in [0.29, 0.717) is 12.0 Å².